The second kappa shape index (κ2) is 8.15. The van der Waals surface area contributed by atoms with E-state index in [-0.39, 0.29) is 11.9 Å². The number of rotatable bonds is 6. The highest BCUT2D eigenvalue weighted by molar-refractivity contribution is 7.89. The first-order valence-electron chi connectivity index (χ1n) is 10.8. The number of fused-ring (bicyclic) bond motifs is 2. The average molecular weight is 405 g/mol. The quantitative estimate of drug-likeness (QED) is 0.791. The van der Waals surface area contributed by atoms with Gasteiger partial charge in [0.1, 0.15) is 0 Å². The summed E-state index contributed by atoms with van der Waals surface area (Å²) in [6.45, 7) is 3.35. The zero-order valence-electron chi connectivity index (χ0n) is 16.8. The van der Waals surface area contributed by atoms with Crippen LogP contribution in [0.25, 0.3) is 0 Å². The molecule has 5 nitrogen and oxygen atoms in total. The summed E-state index contributed by atoms with van der Waals surface area (Å²) in [4.78, 5) is 12.8. The van der Waals surface area contributed by atoms with Gasteiger partial charge in [-0.1, -0.05) is 25.0 Å². The first-order chi connectivity index (χ1) is 13.4. The minimum Gasteiger partial charge on any atom is -0.353 e. The fourth-order valence-corrected chi connectivity index (χ4v) is 7.05. The molecule has 4 atom stereocenters. The summed E-state index contributed by atoms with van der Waals surface area (Å²) in [6, 6.07) is 7.07. The third-order valence-electron chi connectivity index (χ3n) is 7.06. The Morgan fingerprint density at radius 2 is 1.82 bits per heavy atom. The Morgan fingerprint density at radius 1 is 1.11 bits per heavy atom. The first-order valence-corrected chi connectivity index (χ1v) is 12.3. The Kier molecular flexibility index (Phi) is 5.79. The van der Waals surface area contributed by atoms with Gasteiger partial charge in [0, 0.05) is 19.1 Å². The first kappa shape index (κ1) is 19.9. The summed E-state index contributed by atoms with van der Waals surface area (Å²) in [5, 5.41) is 3.19. The topological polar surface area (TPSA) is 66.5 Å². The van der Waals surface area contributed by atoms with Crippen molar-refractivity contribution >= 4 is 15.9 Å². The van der Waals surface area contributed by atoms with Gasteiger partial charge in [0.05, 0.1) is 11.3 Å². The largest absolute Gasteiger partial charge is 0.353 e. The van der Waals surface area contributed by atoms with Crippen molar-refractivity contribution < 1.29 is 13.2 Å². The molecule has 1 heterocycles. The summed E-state index contributed by atoms with van der Waals surface area (Å²) in [7, 11) is -3.41. The number of carbonyl (C=O) groups excluding carboxylic acids is 1. The fraction of sp³-hybridized carbons (Fsp3) is 0.682. The number of piperidine rings is 1. The second-order valence-electron chi connectivity index (χ2n) is 8.98. The molecule has 0 spiro atoms. The maximum absolute atomic E-state index is 12.7. The van der Waals surface area contributed by atoms with E-state index < -0.39 is 10.0 Å². The van der Waals surface area contributed by atoms with Crippen molar-refractivity contribution in [3.8, 4) is 0 Å². The molecule has 1 aromatic carbocycles. The molecule has 1 amide bonds. The summed E-state index contributed by atoms with van der Waals surface area (Å²) < 4.78 is 27.0. The molecule has 3 fully saturated rings. The highest BCUT2D eigenvalue weighted by atomic mass is 32.2. The van der Waals surface area contributed by atoms with Crippen LogP contribution >= 0.6 is 0 Å². The molecular weight excluding hydrogens is 372 g/mol. The third kappa shape index (κ3) is 4.13. The van der Waals surface area contributed by atoms with Crippen LogP contribution in [0.5, 0.6) is 0 Å². The molecular formula is C22H32N2O3S. The Bertz CT molecular complexity index is 800. The van der Waals surface area contributed by atoms with Crippen LogP contribution in [0.1, 0.15) is 57.4 Å². The number of carbonyl (C=O) groups is 1. The van der Waals surface area contributed by atoms with Crippen LogP contribution in [0.3, 0.4) is 0 Å². The van der Waals surface area contributed by atoms with E-state index in [1.54, 1.807) is 28.6 Å². The van der Waals surface area contributed by atoms with E-state index >= 15 is 0 Å². The van der Waals surface area contributed by atoms with Crippen molar-refractivity contribution in [2.75, 3.05) is 13.1 Å². The van der Waals surface area contributed by atoms with Crippen molar-refractivity contribution in [2.24, 2.45) is 17.8 Å². The predicted molar refractivity (Wildman–Crippen MR) is 109 cm³/mol. The maximum Gasteiger partial charge on any atom is 0.243 e. The van der Waals surface area contributed by atoms with Crippen LogP contribution in [0.2, 0.25) is 0 Å². The molecule has 2 saturated carbocycles. The molecule has 1 saturated heterocycles. The number of hydrogen-bond donors (Lipinski definition) is 1. The number of benzene rings is 1. The van der Waals surface area contributed by atoms with E-state index in [1.165, 1.54) is 25.7 Å². The summed E-state index contributed by atoms with van der Waals surface area (Å²) in [6.07, 6.45) is 8.55. The van der Waals surface area contributed by atoms with Gasteiger partial charge < -0.3 is 5.32 Å². The molecule has 1 aromatic rings. The molecule has 2 bridgehead atoms. The average Bonchev–Trinajstić information content (AvgIpc) is 3.32. The van der Waals surface area contributed by atoms with E-state index in [0.29, 0.717) is 30.3 Å². The second-order valence-corrected chi connectivity index (χ2v) is 10.9. The minimum absolute atomic E-state index is 0.0295. The summed E-state index contributed by atoms with van der Waals surface area (Å²) in [5.41, 5.74) is 0.857. The van der Waals surface area contributed by atoms with Crippen molar-refractivity contribution in [2.45, 2.75) is 69.2 Å². The van der Waals surface area contributed by atoms with Crippen LogP contribution in [0.4, 0.5) is 0 Å². The number of amides is 1. The zero-order chi connectivity index (χ0) is 19.7. The summed E-state index contributed by atoms with van der Waals surface area (Å²) >= 11 is 0. The van der Waals surface area contributed by atoms with E-state index in [0.717, 1.165) is 36.7 Å². The van der Waals surface area contributed by atoms with Crippen LogP contribution in [0, 0.1) is 17.8 Å². The van der Waals surface area contributed by atoms with Gasteiger partial charge in [-0.25, -0.2) is 8.42 Å². The Morgan fingerprint density at radius 3 is 2.43 bits per heavy atom. The summed E-state index contributed by atoms with van der Waals surface area (Å²) in [5.74, 6) is 2.32. The number of nitrogens with zero attached hydrogens (tertiary/aromatic N) is 1. The van der Waals surface area contributed by atoms with Gasteiger partial charge in [0.2, 0.25) is 15.9 Å². The van der Waals surface area contributed by atoms with Gasteiger partial charge in [0.25, 0.3) is 0 Å². The van der Waals surface area contributed by atoms with Crippen LogP contribution in [-0.2, 0) is 21.2 Å². The highest BCUT2D eigenvalue weighted by Crippen LogP contribution is 2.49. The third-order valence-corrected chi connectivity index (χ3v) is 8.98. The lowest BCUT2D eigenvalue weighted by atomic mass is 9.84. The molecule has 1 aliphatic heterocycles. The van der Waals surface area contributed by atoms with E-state index in [2.05, 4.69) is 12.2 Å². The smallest absolute Gasteiger partial charge is 0.243 e. The molecule has 6 heteroatoms. The lowest BCUT2D eigenvalue weighted by molar-refractivity contribution is -0.121. The number of nitrogens with one attached hydrogen (secondary N) is 1. The van der Waals surface area contributed by atoms with Gasteiger partial charge in [-0.05, 0) is 74.5 Å². The number of sulfonamides is 1. The van der Waals surface area contributed by atoms with E-state index in [1.807, 2.05) is 0 Å². The molecule has 154 valence electrons. The van der Waals surface area contributed by atoms with Crippen LogP contribution in [-0.4, -0.2) is 37.8 Å². The van der Waals surface area contributed by atoms with Gasteiger partial charge in [-0.2, -0.15) is 4.31 Å². The van der Waals surface area contributed by atoms with Crippen molar-refractivity contribution in [1.82, 2.24) is 9.62 Å². The minimum atomic E-state index is -3.41. The molecule has 2 aliphatic carbocycles. The Balaban J connectivity index is 1.33. The molecule has 0 aromatic heterocycles. The van der Waals surface area contributed by atoms with E-state index in [9.17, 15) is 13.2 Å². The van der Waals surface area contributed by atoms with Gasteiger partial charge in [-0.15, -0.1) is 0 Å². The number of hydrogen-bond acceptors (Lipinski definition) is 3. The lowest BCUT2D eigenvalue weighted by Gasteiger charge is -2.28. The zero-order valence-corrected chi connectivity index (χ0v) is 17.6. The normalized spacial score (nSPS) is 29.0. The molecule has 1 N–H and O–H groups in total. The van der Waals surface area contributed by atoms with Gasteiger partial charge in [-0.3, -0.25) is 4.79 Å². The highest BCUT2D eigenvalue weighted by Gasteiger charge is 2.42. The van der Waals surface area contributed by atoms with Gasteiger partial charge >= 0.3 is 0 Å². The Labute approximate surface area is 168 Å². The Hall–Kier alpha value is -1.40. The SMILES string of the molecule is C[C@H](NC(=O)Cc1ccc(S(=O)(=O)N2CCCCC2)cc1)[C@@H]1C[C@H]2CC[C@H]1C2. The van der Waals surface area contributed by atoms with E-state index in [4.69, 9.17) is 0 Å². The van der Waals surface area contributed by atoms with Crippen molar-refractivity contribution in [3.05, 3.63) is 29.8 Å². The van der Waals surface area contributed by atoms with Crippen molar-refractivity contribution in [3.63, 3.8) is 0 Å². The molecule has 0 unspecified atom stereocenters. The van der Waals surface area contributed by atoms with Crippen molar-refractivity contribution in [1.29, 1.82) is 0 Å². The molecule has 3 aliphatic rings. The molecule has 4 rings (SSSR count). The van der Waals surface area contributed by atoms with Gasteiger partial charge in [0.15, 0.2) is 0 Å². The standard InChI is InChI=1S/C22H32N2O3S/c1-16(21-14-18-5-8-19(21)13-18)23-22(25)15-17-6-9-20(10-7-17)28(26,27)24-11-3-2-4-12-24/h6-7,9-10,16,18-19,21H,2-5,8,11-15H2,1H3,(H,23,25)/t16-,18-,19-,21-/m0/s1. The fourth-order valence-electron chi connectivity index (χ4n) is 5.54. The predicted octanol–water partition coefficient (Wildman–Crippen LogP) is 3.34. The van der Waals surface area contributed by atoms with Crippen LogP contribution in [0.15, 0.2) is 29.2 Å². The molecule has 0 radical (unpaired) electrons. The maximum atomic E-state index is 12.7. The monoisotopic (exact) mass is 404 g/mol. The molecule has 28 heavy (non-hydrogen) atoms. The lowest BCUT2D eigenvalue weighted by Crippen LogP contribution is -2.40. The van der Waals surface area contributed by atoms with Crippen LogP contribution < -0.4 is 5.32 Å².